The highest BCUT2D eigenvalue weighted by Crippen LogP contribution is 2.29. The molecule has 1 heterocycles. The molecule has 5 heteroatoms. The number of carbonyl (C=O) groups is 1. The Hall–Kier alpha value is -2.82. The first-order valence-electron chi connectivity index (χ1n) is 7.95. The first-order chi connectivity index (χ1) is 11.7. The number of hydrogen-bond donors (Lipinski definition) is 1. The fraction of sp³-hybridized carbons (Fsp3) is 0.263. The van der Waals surface area contributed by atoms with Crippen molar-refractivity contribution in [2.45, 2.75) is 19.4 Å². The van der Waals surface area contributed by atoms with Crippen LogP contribution in [0, 0.1) is 0 Å². The number of methoxy groups -OCH3 is 1. The second kappa shape index (κ2) is 7.17. The van der Waals surface area contributed by atoms with Crippen molar-refractivity contribution >= 4 is 16.7 Å². The molecule has 0 unspecified atom stereocenters. The normalized spacial score (nSPS) is 10.8. The Morgan fingerprint density at radius 3 is 2.71 bits per heavy atom. The van der Waals surface area contributed by atoms with E-state index in [0.29, 0.717) is 19.4 Å². The molecule has 5 nitrogen and oxygen atoms in total. The number of carbonyl (C=O) groups excluding carboxylic acids is 1. The summed E-state index contributed by atoms with van der Waals surface area (Å²) in [4.78, 5) is 14.1. The maximum Gasteiger partial charge on any atom is 0.222 e. The summed E-state index contributed by atoms with van der Waals surface area (Å²) in [6.45, 7) is 0.578. The molecule has 0 saturated carbocycles. The van der Waals surface area contributed by atoms with Crippen molar-refractivity contribution < 1.29 is 9.53 Å². The first kappa shape index (κ1) is 16.1. The van der Waals surface area contributed by atoms with E-state index in [2.05, 4.69) is 16.3 Å². The molecular formula is C19H21N3O2. The summed E-state index contributed by atoms with van der Waals surface area (Å²) in [5, 5.41) is 8.85. The number of ether oxygens (including phenoxy) is 1. The molecule has 3 rings (SSSR count). The molecule has 0 atom stereocenters. The fourth-order valence-electron chi connectivity index (χ4n) is 2.85. The average molecular weight is 323 g/mol. The highest BCUT2D eigenvalue weighted by Gasteiger charge is 2.13. The van der Waals surface area contributed by atoms with Crippen LogP contribution in [0.15, 0.2) is 48.8 Å². The molecule has 0 bridgehead atoms. The van der Waals surface area contributed by atoms with Gasteiger partial charge in [-0.2, -0.15) is 5.10 Å². The van der Waals surface area contributed by atoms with E-state index in [-0.39, 0.29) is 5.91 Å². The Bertz CT molecular complexity index is 828. The van der Waals surface area contributed by atoms with E-state index >= 15 is 0 Å². The van der Waals surface area contributed by atoms with Crippen molar-refractivity contribution in [1.29, 1.82) is 0 Å². The third-order valence-corrected chi connectivity index (χ3v) is 4.21. The minimum absolute atomic E-state index is 0.121. The van der Waals surface area contributed by atoms with Gasteiger partial charge in [-0.25, -0.2) is 0 Å². The lowest BCUT2D eigenvalue weighted by Crippen LogP contribution is -2.26. The van der Waals surface area contributed by atoms with Crippen LogP contribution in [0.25, 0.3) is 10.8 Å². The molecule has 0 aliphatic rings. The Morgan fingerprint density at radius 1 is 1.21 bits per heavy atom. The van der Waals surface area contributed by atoms with Gasteiger partial charge in [0.25, 0.3) is 0 Å². The lowest BCUT2D eigenvalue weighted by molar-refractivity contribution is -0.130. The summed E-state index contributed by atoms with van der Waals surface area (Å²) in [5.41, 5.74) is 2.16. The number of rotatable bonds is 6. The molecule has 0 radical (unpaired) electrons. The van der Waals surface area contributed by atoms with Gasteiger partial charge in [-0.05, 0) is 29.0 Å². The maximum atomic E-state index is 12.4. The van der Waals surface area contributed by atoms with Gasteiger partial charge in [0, 0.05) is 31.6 Å². The van der Waals surface area contributed by atoms with Crippen molar-refractivity contribution in [2.75, 3.05) is 14.2 Å². The highest BCUT2D eigenvalue weighted by atomic mass is 16.5. The van der Waals surface area contributed by atoms with Gasteiger partial charge in [-0.1, -0.05) is 30.3 Å². The van der Waals surface area contributed by atoms with Crippen LogP contribution in [-0.4, -0.2) is 35.2 Å². The molecule has 0 aliphatic heterocycles. The Labute approximate surface area is 141 Å². The molecule has 2 aromatic carbocycles. The summed E-state index contributed by atoms with van der Waals surface area (Å²) in [5.74, 6) is 0.972. The minimum atomic E-state index is 0.121. The van der Waals surface area contributed by atoms with Crippen molar-refractivity contribution in [1.82, 2.24) is 15.1 Å². The number of nitrogens with zero attached hydrogens (tertiary/aromatic N) is 2. The summed E-state index contributed by atoms with van der Waals surface area (Å²) in [6, 6.07) is 12.1. The Balaban J connectivity index is 1.73. The molecule has 0 saturated heterocycles. The third-order valence-electron chi connectivity index (χ3n) is 4.21. The Kier molecular flexibility index (Phi) is 4.79. The number of benzene rings is 2. The number of fused-ring (bicyclic) bond motifs is 1. The molecule has 1 aromatic heterocycles. The number of hydrogen-bond acceptors (Lipinski definition) is 3. The lowest BCUT2D eigenvalue weighted by atomic mass is 10.0. The molecule has 3 aromatic rings. The van der Waals surface area contributed by atoms with Gasteiger partial charge in [-0.15, -0.1) is 0 Å². The molecule has 0 fully saturated rings. The monoisotopic (exact) mass is 323 g/mol. The zero-order chi connectivity index (χ0) is 16.9. The smallest absolute Gasteiger partial charge is 0.222 e. The van der Waals surface area contributed by atoms with Crippen LogP contribution in [0.3, 0.4) is 0 Å². The van der Waals surface area contributed by atoms with Crippen LogP contribution in [-0.2, 0) is 17.8 Å². The molecule has 1 amide bonds. The number of H-pyrrole nitrogens is 1. The quantitative estimate of drug-likeness (QED) is 0.758. The molecule has 124 valence electrons. The van der Waals surface area contributed by atoms with Gasteiger partial charge in [-0.3, -0.25) is 9.89 Å². The lowest BCUT2D eigenvalue weighted by Gasteiger charge is -2.19. The molecule has 0 aliphatic carbocycles. The SMILES string of the molecule is COc1ccc(CN(C)C(=O)CCc2cn[nH]c2)c2ccccc12. The number of aromatic nitrogens is 2. The van der Waals surface area contributed by atoms with Crippen LogP contribution < -0.4 is 4.74 Å². The molecule has 1 N–H and O–H groups in total. The highest BCUT2D eigenvalue weighted by molar-refractivity contribution is 5.91. The van der Waals surface area contributed by atoms with Crippen molar-refractivity contribution in [3.63, 3.8) is 0 Å². The molecule has 24 heavy (non-hydrogen) atoms. The number of nitrogens with one attached hydrogen (secondary N) is 1. The van der Waals surface area contributed by atoms with Gasteiger partial charge in [0.15, 0.2) is 0 Å². The summed E-state index contributed by atoms with van der Waals surface area (Å²) < 4.78 is 5.43. The standard InChI is InChI=1S/C19H21N3O2/c1-22(19(23)10-7-14-11-20-21-12-14)13-15-8-9-18(24-2)17-6-4-3-5-16(15)17/h3-6,8-9,11-12H,7,10,13H2,1-2H3,(H,20,21). The third kappa shape index (κ3) is 3.40. The second-order valence-electron chi connectivity index (χ2n) is 5.83. The average Bonchev–Trinajstić information content (AvgIpc) is 3.13. The van der Waals surface area contributed by atoms with Crippen LogP contribution in [0.5, 0.6) is 5.75 Å². The van der Waals surface area contributed by atoms with Crippen molar-refractivity contribution in [2.24, 2.45) is 0 Å². The van der Waals surface area contributed by atoms with Gasteiger partial charge < -0.3 is 9.64 Å². The topological polar surface area (TPSA) is 58.2 Å². The summed E-state index contributed by atoms with van der Waals surface area (Å²) in [6.07, 6.45) is 4.75. The first-order valence-corrected chi connectivity index (χ1v) is 7.95. The fourth-order valence-corrected chi connectivity index (χ4v) is 2.85. The number of amides is 1. The molecular weight excluding hydrogens is 302 g/mol. The van der Waals surface area contributed by atoms with E-state index in [0.717, 1.165) is 27.6 Å². The van der Waals surface area contributed by atoms with Gasteiger partial charge in [0.05, 0.1) is 13.3 Å². The van der Waals surface area contributed by atoms with Crippen LogP contribution >= 0.6 is 0 Å². The maximum absolute atomic E-state index is 12.4. The van der Waals surface area contributed by atoms with Gasteiger partial charge >= 0.3 is 0 Å². The van der Waals surface area contributed by atoms with Crippen molar-refractivity contribution in [3.05, 3.63) is 59.9 Å². The van der Waals surface area contributed by atoms with E-state index in [9.17, 15) is 4.79 Å². The van der Waals surface area contributed by atoms with E-state index in [1.807, 2.05) is 43.6 Å². The van der Waals surface area contributed by atoms with Gasteiger partial charge in [0.2, 0.25) is 5.91 Å². The Morgan fingerprint density at radius 2 is 2.00 bits per heavy atom. The zero-order valence-corrected chi connectivity index (χ0v) is 14.0. The van der Waals surface area contributed by atoms with E-state index in [1.165, 1.54) is 0 Å². The number of aromatic amines is 1. The van der Waals surface area contributed by atoms with Crippen LogP contribution in [0.1, 0.15) is 17.5 Å². The van der Waals surface area contributed by atoms with E-state index in [4.69, 9.17) is 4.74 Å². The van der Waals surface area contributed by atoms with Crippen LogP contribution in [0.2, 0.25) is 0 Å². The van der Waals surface area contributed by atoms with Crippen LogP contribution in [0.4, 0.5) is 0 Å². The zero-order valence-electron chi connectivity index (χ0n) is 14.0. The summed E-state index contributed by atoms with van der Waals surface area (Å²) in [7, 11) is 3.52. The molecule has 0 spiro atoms. The van der Waals surface area contributed by atoms with E-state index < -0.39 is 0 Å². The predicted octanol–water partition coefficient (Wildman–Crippen LogP) is 3.16. The number of aryl methyl sites for hydroxylation is 1. The van der Waals surface area contributed by atoms with Crippen molar-refractivity contribution in [3.8, 4) is 5.75 Å². The summed E-state index contributed by atoms with van der Waals surface area (Å²) >= 11 is 0. The van der Waals surface area contributed by atoms with Gasteiger partial charge in [0.1, 0.15) is 5.75 Å². The second-order valence-corrected chi connectivity index (χ2v) is 5.83. The predicted molar refractivity (Wildman–Crippen MR) is 93.9 cm³/mol. The van der Waals surface area contributed by atoms with E-state index in [1.54, 1.807) is 18.2 Å². The largest absolute Gasteiger partial charge is 0.496 e. The minimum Gasteiger partial charge on any atom is -0.496 e.